The summed E-state index contributed by atoms with van der Waals surface area (Å²) < 4.78 is 0. The van der Waals surface area contributed by atoms with E-state index in [4.69, 9.17) is 9.97 Å². The quantitative estimate of drug-likeness (QED) is 0.142. The van der Waals surface area contributed by atoms with E-state index in [1.54, 1.807) is 0 Å². The molecule has 0 radical (unpaired) electrons. The Hall–Kier alpha value is -6.38. The number of fused-ring (bicyclic) bond motifs is 7. The molecule has 2 heteroatoms. The molecule has 0 saturated heterocycles. The summed E-state index contributed by atoms with van der Waals surface area (Å²) in [4.78, 5) is 10.7. The number of hydrogen-bond donors (Lipinski definition) is 0. The maximum Gasteiger partial charge on any atom is 0.160 e. The summed E-state index contributed by atoms with van der Waals surface area (Å²) in [5.41, 5.74) is 11.2. The van der Waals surface area contributed by atoms with E-state index in [-0.39, 0.29) is 5.41 Å². The van der Waals surface area contributed by atoms with Gasteiger partial charge in [-0.05, 0) is 85.3 Å². The van der Waals surface area contributed by atoms with E-state index < -0.39 is 0 Å². The molecule has 1 aliphatic rings. The molecule has 0 N–H and O–H groups in total. The first-order valence-electron chi connectivity index (χ1n) is 17.3. The molecular weight excluding hydrogens is 605 g/mol. The largest absolute Gasteiger partial charge is 0.228 e. The summed E-state index contributed by atoms with van der Waals surface area (Å²) in [7, 11) is 0. The molecule has 10 rings (SSSR count). The van der Waals surface area contributed by atoms with Gasteiger partial charge in [0.2, 0.25) is 0 Å². The van der Waals surface area contributed by atoms with Crippen molar-refractivity contribution in [1.82, 2.24) is 9.97 Å². The predicted molar refractivity (Wildman–Crippen MR) is 208 cm³/mol. The maximum atomic E-state index is 5.38. The lowest BCUT2D eigenvalue weighted by molar-refractivity contribution is 0.714. The van der Waals surface area contributed by atoms with Crippen LogP contribution in [0.3, 0.4) is 0 Å². The van der Waals surface area contributed by atoms with Crippen molar-refractivity contribution in [2.75, 3.05) is 0 Å². The van der Waals surface area contributed by atoms with Crippen molar-refractivity contribution in [3.8, 4) is 45.0 Å². The zero-order valence-corrected chi connectivity index (χ0v) is 27.6. The summed E-state index contributed by atoms with van der Waals surface area (Å²) in [5, 5.41) is 7.23. The lowest BCUT2D eigenvalue weighted by atomic mass is 9.74. The molecule has 1 aromatic heterocycles. The van der Waals surface area contributed by atoms with Crippen LogP contribution in [0.4, 0.5) is 0 Å². The molecule has 0 spiro atoms. The first kappa shape index (κ1) is 28.6. The third kappa shape index (κ3) is 4.28. The highest BCUT2D eigenvalue weighted by molar-refractivity contribution is 6.21. The van der Waals surface area contributed by atoms with E-state index in [9.17, 15) is 0 Å². The minimum absolute atomic E-state index is 0.300. The van der Waals surface area contributed by atoms with Crippen LogP contribution >= 0.6 is 0 Å². The topological polar surface area (TPSA) is 25.8 Å². The third-order valence-corrected chi connectivity index (χ3v) is 10.7. The SMILES string of the molecule is CC1(c2ccccc2)c2ccccc2-c2ccc(-c3cc(-c4c5ccccc5cc5ccc6ccccc6c45)nc(-c4ccccc4)n3)cc21. The van der Waals surface area contributed by atoms with E-state index in [0.717, 1.165) is 28.1 Å². The van der Waals surface area contributed by atoms with Gasteiger partial charge in [-0.2, -0.15) is 0 Å². The molecule has 234 valence electrons. The number of benzene rings is 8. The van der Waals surface area contributed by atoms with Crippen LogP contribution < -0.4 is 0 Å². The van der Waals surface area contributed by atoms with Gasteiger partial charge in [-0.1, -0.05) is 158 Å². The Morgan fingerprint density at radius 2 is 1.06 bits per heavy atom. The van der Waals surface area contributed by atoms with Crippen molar-refractivity contribution >= 4 is 32.3 Å². The van der Waals surface area contributed by atoms with Crippen molar-refractivity contribution < 1.29 is 0 Å². The number of hydrogen-bond acceptors (Lipinski definition) is 2. The van der Waals surface area contributed by atoms with Crippen LogP contribution in [0.25, 0.3) is 77.3 Å². The summed E-state index contributed by atoms with van der Waals surface area (Å²) in [6.45, 7) is 2.37. The van der Waals surface area contributed by atoms with Gasteiger partial charge in [0.25, 0.3) is 0 Å². The van der Waals surface area contributed by atoms with E-state index in [0.29, 0.717) is 5.82 Å². The predicted octanol–water partition coefficient (Wildman–Crippen LogP) is 12.3. The van der Waals surface area contributed by atoms with E-state index in [1.807, 2.05) is 6.07 Å². The number of nitrogens with zero attached hydrogens (tertiary/aromatic N) is 2. The van der Waals surface area contributed by atoms with Crippen molar-refractivity contribution in [2.24, 2.45) is 0 Å². The number of rotatable bonds is 4. The van der Waals surface area contributed by atoms with Crippen molar-refractivity contribution in [3.63, 3.8) is 0 Å². The normalized spacial score (nSPS) is 15.0. The molecule has 1 unspecified atom stereocenters. The molecule has 2 nitrogen and oxygen atoms in total. The van der Waals surface area contributed by atoms with Crippen LogP contribution in [0.2, 0.25) is 0 Å². The zero-order chi connectivity index (χ0) is 33.2. The average Bonchev–Trinajstić information content (AvgIpc) is 3.45. The highest BCUT2D eigenvalue weighted by Crippen LogP contribution is 2.53. The van der Waals surface area contributed by atoms with Gasteiger partial charge in [0, 0.05) is 22.1 Å². The van der Waals surface area contributed by atoms with Crippen LogP contribution in [0.1, 0.15) is 23.6 Å². The van der Waals surface area contributed by atoms with Crippen LogP contribution in [-0.2, 0) is 5.41 Å². The molecule has 9 aromatic rings. The van der Waals surface area contributed by atoms with Gasteiger partial charge in [0.15, 0.2) is 5.82 Å². The minimum Gasteiger partial charge on any atom is -0.228 e. The van der Waals surface area contributed by atoms with Gasteiger partial charge in [-0.25, -0.2) is 9.97 Å². The van der Waals surface area contributed by atoms with Crippen LogP contribution in [0.5, 0.6) is 0 Å². The fraction of sp³-hybridized carbons (Fsp3) is 0.0417. The van der Waals surface area contributed by atoms with Gasteiger partial charge in [-0.15, -0.1) is 0 Å². The summed E-state index contributed by atoms with van der Waals surface area (Å²) in [6.07, 6.45) is 0. The Balaban J connectivity index is 1.27. The lowest BCUT2D eigenvalue weighted by Crippen LogP contribution is -2.22. The van der Waals surface area contributed by atoms with Gasteiger partial charge in [0.05, 0.1) is 11.4 Å². The molecule has 0 amide bonds. The maximum absolute atomic E-state index is 5.38. The van der Waals surface area contributed by atoms with E-state index in [2.05, 4.69) is 177 Å². The van der Waals surface area contributed by atoms with E-state index >= 15 is 0 Å². The van der Waals surface area contributed by atoms with Crippen LogP contribution in [-0.4, -0.2) is 9.97 Å². The summed E-state index contributed by atoms with van der Waals surface area (Å²) >= 11 is 0. The second kappa shape index (κ2) is 11.1. The lowest BCUT2D eigenvalue weighted by Gasteiger charge is -2.28. The van der Waals surface area contributed by atoms with Gasteiger partial charge in [0.1, 0.15) is 0 Å². The Morgan fingerprint density at radius 1 is 0.420 bits per heavy atom. The Kier molecular flexibility index (Phi) is 6.34. The molecule has 0 fully saturated rings. The number of aromatic nitrogens is 2. The molecule has 1 heterocycles. The first-order valence-corrected chi connectivity index (χ1v) is 17.3. The molecule has 50 heavy (non-hydrogen) atoms. The zero-order valence-electron chi connectivity index (χ0n) is 27.6. The highest BCUT2D eigenvalue weighted by Gasteiger charge is 2.40. The molecule has 8 aromatic carbocycles. The minimum atomic E-state index is -0.300. The third-order valence-electron chi connectivity index (χ3n) is 10.7. The van der Waals surface area contributed by atoms with Crippen molar-refractivity contribution in [3.05, 3.63) is 193 Å². The highest BCUT2D eigenvalue weighted by atomic mass is 14.9. The van der Waals surface area contributed by atoms with Crippen LogP contribution in [0, 0.1) is 0 Å². The van der Waals surface area contributed by atoms with Gasteiger partial charge >= 0.3 is 0 Å². The molecular formula is C48H32N2. The fourth-order valence-corrected chi connectivity index (χ4v) is 8.28. The van der Waals surface area contributed by atoms with Crippen LogP contribution in [0.15, 0.2) is 176 Å². The van der Waals surface area contributed by atoms with Gasteiger partial charge in [-0.3, -0.25) is 0 Å². The first-order chi connectivity index (χ1) is 24.7. The molecule has 0 bridgehead atoms. The standard InChI is InChI=1S/C48H32N2/c1-48(36-18-6-3-7-19-36)41-23-13-12-22-39(41)40-27-26-34(29-42(40)48)43-30-44(50-47(49-43)32-15-4-2-5-16-32)46-38-21-11-9-17-33(38)28-35-25-24-31-14-8-10-20-37(31)45(35)46/h2-30H,1H3. The summed E-state index contributed by atoms with van der Waals surface area (Å²) in [6, 6.07) is 63.4. The second-order valence-electron chi connectivity index (χ2n) is 13.5. The molecule has 0 saturated carbocycles. The van der Waals surface area contributed by atoms with Crippen molar-refractivity contribution in [2.45, 2.75) is 12.3 Å². The monoisotopic (exact) mass is 636 g/mol. The molecule has 1 aliphatic carbocycles. The van der Waals surface area contributed by atoms with E-state index in [1.165, 1.54) is 60.1 Å². The Labute approximate surface area is 291 Å². The average molecular weight is 637 g/mol. The smallest absolute Gasteiger partial charge is 0.160 e. The van der Waals surface area contributed by atoms with Gasteiger partial charge < -0.3 is 0 Å². The second-order valence-corrected chi connectivity index (χ2v) is 13.5. The molecule has 0 aliphatic heterocycles. The van der Waals surface area contributed by atoms with Crippen molar-refractivity contribution in [1.29, 1.82) is 0 Å². The Bertz CT molecular complexity index is 2770. The molecule has 1 atom stereocenters. The Morgan fingerprint density at radius 3 is 1.90 bits per heavy atom. The summed E-state index contributed by atoms with van der Waals surface area (Å²) in [5.74, 6) is 0.717. The fourth-order valence-electron chi connectivity index (χ4n) is 8.28.